The molecule has 32 heavy (non-hydrogen) atoms. The molecule has 0 radical (unpaired) electrons. The minimum atomic E-state index is -0.612. The van der Waals surface area contributed by atoms with E-state index in [4.69, 9.17) is 15.2 Å². The van der Waals surface area contributed by atoms with E-state index in [1.54, 1.807) is 37.0 Å². The smallest absolute Gasteiger partial charge is 0.169 e. The molecule has 0 aliphatic heterocycles. The summed E-state index contributed by atoms with van der Waals surface area (Å²) in [5.41, 5.74) is 8.13. The largest absolute Gasteiger partial charge is 0.494 e. The number of pyridine rings is 1. The molecule has 2 aromatic carbocycles. The number of rotatable bonds is 7. The van der Waals surface area contributed by atoms with Crippen molar-refractivity contribution in [2.75, 3.05) is 24.7 Å². The van der Waals surface area contributed by atoms with Gasteiger partial charge in [0.25, 0.3) is 0 Å². The molecular formula is C23H24FN5O3. The van der Waals surface area contributed by atoms with Gasteiger partial charge in [0.05, 0.1) is 13.2 Å². The molecule has 4 N–H and O–H groups in total. The van der Waals surface area contributed by atoms with Crippen LogP contribution in [0.3, 0.4) is 0 Å². The summed E-state index contributed by atoms with van der Waals surface area (Å²) >= 11 is 0. The Balaban J connectivity index is 1.90. The molecule has 8 nitrogen and oxygen atoms in total. The summed E-state index contributed by atoms with van der Waals surface area (Å²) in [6.45, 7) is 3.88. The third-order valence-corrected chi connectivity index (χ3v) is 4.83. The second-order valence-corrected chi connectivity index (χ2v) is 7.47. The second-order valence-electron chi connectivity index (χ2n) is 7.47. The van der Waals surface area contributed by atoms with Crippen molar-refractivity contribution < 1.29 is 19.0 Å². The van der Waals surface area contributed by atoms with E-state index in [-0.39, 0.29) is 12.3 Å². The quantitative estimate of drug-likeness (QED) is 0.375. The average molecular weight is 437 g/mol. The Labute approximate surface area is 184 Å². The first-order valence-corrected chi connectivity index (χ1v) is 10.0. The molecule has 0 saturated heterocycles. The van der Waals surface area contributed by atoms with E-state index in [9.17, 15) is 9.50 Å². The van der Waals surface area contributed by atoms with Crippen LogP contribution in [0.15, 0.2) is 48.7 Å². The molecular weight excluding hydrogens is 413 g/mol. The maximum atomic E-state index is 14.4. The molecule has 0 spiro atoms. The summed E-state index contributed by atoms with van der Waals surface area (Å²) in [4.78, 5) is 4.50. The maximum Gasteiger partial charge on any atom is 0.169 e. The third kappa shape index (κ3) is 4.15. The van der Waals surface area contributed by atoms with Gasteiger partial charge < -0.3 is 25.6 Å². The molecule has 2 heterocycles. The molecule has 0 aliphatic rings. The lowest BCUT2D eigenvalue weighted by Crippen LogP contribution is -2.16. The van der Waals surface area contributed by atoms with Crippen molar-refractivity contribution in [1.82, 2.24) is 14.8 Å². The van der Waals surface area contributed by atoms with E-state index in [0.717, 1.165) is 5.56 Å². The molecule has 1 atom stereocenters. The lowest BCUT2D eigenvalue weighted by molar-refractivity contribution is 0.208. The Kier molecular flexibility index (Phi) is 5.83. The van der Waals surface area contributed by atoms with E-state index in [0.29, 0.717) is 39.7 Å². The highest BCUT2D eigenvalue weighted by Gasteiger charge is 2.21. The van der Waals surface area contributed by atoms with Crippen molar-refractivity contribution in [1.29, 1.82) is 0 Å². The molecule has 0 bridgehead atoms. The van der Waals surface area contributed by atoms with Crippen LogP contribution in [0, 0.1) is 12.7 Å². The number of aliphatic hydroxyl groups is 1. The third-order valence-electron chi connectivity index (χ3n) is 4.83. The number of benzene rings is 2. The van der Waals surface area contributed by atoms with Crippen molar-refractivity contribution in [3.63, 3.8) is 0 Å². The first kappa shape index (κ1) is 21.4. The normalized spacial score (nSPS) is 12.0. The molecule has 166 valence electrons. The first-order chi connectivity index (χ1) is 15.4. The van der Waals surface area contributed by atoms with Gasteiger partial charge in [0.15, 0.2) is 23.0 Å². The number of ether oxygens (including phenoxy) is 2. The number of methoxy groups -OCH3 is 1. The van der Waals surface area contributed by atoms with Gasteiger partial charge in [-0.25, -0.2) is 14.1 Å². The zero-order valence-corrected chi connectivity index (χ0v) is 18.0. The molecule has 4 rings (SSSR count). The summed E-state index contributed by atoms with van der Waals surface area (Å²) in [5.74, 6) is 0.836. The van der Waals surface area contributed by atoms with E-state index < -0.39 is 11.9 Å². The fourth-order valence-electron chi connectivity index (χ4n) is 3.32. The molecule has 0 saturated carbocycles. The predicted molar refractivity (Wildman–Crippen MR) is 121 cm³/mol. The van der Waals surface area contributed by atoms with Crippen LogP contribution in [0.5, 0.6) is 17.2 Å². The highest BCUT2D eigenvalue weighted by Crippen LogP contribution is 2.37. The van der Waals surface area contributed by atoms with Crippen LogP contribution in [-0.2, 0) is 0 Å². The van der Waals surface area contributed by atoms with Crippen molar-refractivity contribution in [3.8, 4) is 22.9 Å². The second kappa shape index (κ2) is 8.72. The number of nitrogens with one attached hydrogen (secondary N) is 1. The Bertz CT molecular complexity index is 1270. The van der Waals surface area contributed by atoms with Gasteiger partial charge in [0, 0.05) is 30.6 Å². The van der Waals surface area contributed by atoms with Crippen LogP contribution >= 0.6 is 0 Å². The van der Waals surface area contributed by atoms with Crippen LogP contribution < -0.4 is 20.5 Å². The van der Waals surface area contributed by atoms with Gasteiger partial charge >= 0.3 is 0 Å². The molecule has 9 heteroatoms. The van der Waals surface area contributed by atoms with Crippen LogP contribution in [0.1, 0.15) is 12.5 Å². The minimum absolute atomic E-state index is 0.0223. The topological polar surface area (TPSA) is 107 Å². The van der Waals surface area contributed by atoms with Crippen LogP contribution in [-0.4, -0.2) is 39.6 Å². The van der Waals surface area contributed by atoms with Gasteiger partial charge in [-0.3, -0.25) is 0 Å². The lowest BCUT2D eigenvalue weighted by atomic mass is 10.2. The molecule has 2 aromatic heterocycles. The van der Waals surface area contributed by atoms with Gasteiger partial charge in [0.2, 0.25) is 0 Å². The number of nitrogens with zero attached hydrogens (tertiary/aromatic N) is 3. The number of nitrogens with two attached hydrogens (primary N) is 1. The standard InChI is InChI=1S/C23H24FN5O3/c1-13-4-6-19(31-3)17(10-13)29-23-21(22(28-29)27-12-14(2)30)20(8-9-26-23)32-18-7-5-15(25)11-16(18)24/h4-11,14,30H,12,25H2,1-3H3,(H,27,28)/t14-/m0/s1. The Hall–Kier alpha value is -3.85. The van der Waals surface area contributed by atoms with Crippen molar-refractivity contribution in [2.24, 2.45) is 0 Å². The monoisotopic (exact) mass is 437 g/mol. The average Bonchev–Trinajstić information content (AvgIpc) is 3.13. The number of aliphatic hydroxyl groups excluding tert-OH is 1. The Morgan fingerprint density at radius 2 is 1.94 bits per heavy atom. The molecule has 0 amide bonds. The summed E-state index contributed by atoms with van der Waals surface area (Å²) in [6.07, 6.45) is 0.950. The Morgan fingerprint density at radius 1 is 1.16 bits per heavy atom. The van der Waals surface area contributed by atoms with Gasteiger partial charge in [-0.2, -0.15) is 0 Å². The summed E-state index contributed by atoms with van der Waals surface area (Å²) in [7, 11) is 1.58. The van der Waals surface area contributed by atoms with E-state index in [2.05, 4.69) is 15.4 Å². The number of aryl methyl sites for hydroxylation is 1. The maximum absolute atomic E-state index is 14.4. The van der Waals surface area contributed by atoms with Gasteiger partial charge in [0.1, 0.15) is 22.6 Å². The zero-order valence-electron chi connectivity index (χ0n) is 18.0. The fourth-order valence-corrected chi connectivity index (χ4v) is 3.32. The number of halogens is 1. The van der Waals surface area contributed by atoms with Crippen molar-refractivity contribution in [2.45, 2.75) is 20.0 Å². The number of hydrogen-bond donors (Lipinski definition) is 3. The highest BCUT2D eigenvalue weighted by atomic mass is 19.1. The predicted octanol–water partition coefficient (Wildman–Crippen LogP) is 4.04. The summed E-state index contributed by atoms with van der Waals surface area (Å²) in [5, 5.41) is 18.1. The van der Waals surface area contributed by atoms with Gasteiger partial charge in [-0.1, -0.05) is 6.07 Å². The summed E-state index contributed by atoms with van der Waals surface area (Å²) < 4.78 is 27.5. The Morgan fingerprint density at radius 3 is 2.66 bits per heavy atom. The van der Waals surface area contributed by atoms with Gasteiger partial charge in [-0.05, 0) is 43.7 Å². The lowest BCUT2D eigenvalue weighted by Gasteiger charge is -2.11. The number of anilines is 2. The number of fused-ring (bicyclic) bond motifs is 1. The number of nitrogen functional groups attached to an aromatic ring is 1. The first-order valence-electron chi connectivity index (χ1n) is 10.0. The highest BCUT2D eigenvalue weighted by molar-refractivity contribution is 5.94. The molecule has 0 aliphatic carbocycles. The van der Waals surface area contributed by atoms with Crippen molar-refractivity contribution in [3.05, 3.63) is 60.0 Å². The fraction of sp³-hybridized carbons (Fsp3) is 0.217. The minimum Gasteiger partial charge on any atom is -0.494 e. The van der Waals surface area contributed by atoms with Gasteiger partial charge in [-0.15, -0.1) is 5.10 Å². The molecule has 0 unspecified atom stereocenters. The van der Waals surface area contributed by atoms with Crippen LogP contribution in [0.4, 0.5) is 15.9 Å². The van der Waals surface area contributed by atoms with E-state index >= 15 is 0 Å². The zero-order chi connectivity index (χ0) is 22.8. The van der Waals surface area contributed by atoms with Crippen molar-refractivity contribution >= 4 is 22.5 Å². The molecule has 0 fully saturated rings. The number of hydrogen-bond acceptors (Lipinski definition) is 7. The van der Waals surface area contributed by atoms with E-state index in [1.165, 1.54) is 12.1 Å². The SMILES string of the molecule is COc1ccc(C)cc1-n1nc(NC[C@H](C)O)c2c(Oc3ccc(N)cc3F)ccnc21. The summed E-state index contributed by atoms with van der Waals surface area (Å²) in [6, 6.07) is 11.6. The molecule has 4 aromatic rings. The van der Waals surface area contributed by atoms with E-state index in [1.807, 2.05) is 25.1 Å². The number of aromatic nitrogens is 3. The van der Waals surface area contributed by atoms with Crippen LogP contribution in [0.2, 0.25) is 0 Å². The van der Waals surface area contributed by atoms with Crippen LogP contribution in [0.25, 0.3) is 16.7 Å².